The van der Waals surface area contributed by atoms with E-state index in [2.05, 4.69) is 11.9 Å². The Morgan fingerprint density at radius 2 is 2.00 bits per heavy atom. The summed E-state index contributed by atoms with van der Waals surface area (Å²) in [6.07, 6.45) is 1.76. The number of rotatable bonds is 1. The largest absolute Gasteiger partial charge is 0.457 e. The molecular weight excluding hydrogens is 206 g/mol. The minimum Gasteiger partial charge on any atom is -0.457 e. The Morgan fingerprint density at radius 1 is 1.44 bits per heavy atom. The van der Waals surface area contributed by atoms with Crippen molar-refractivity contribution in [3.8, 4) is 0 Å². The molecule has 4 nitrogen and oxygen atoms in total. The lowest BCUT2D eigenvalue weighted by molar-refractivity contribution is -0.149. The summed E-state index contributed by atoms with van der Waals surface area (Å²) in [5.41, 5.74) is 0.0330. The zero-order valence-corrected chi connectivity index (χ0v) is 10.6. The van der Waals surface area contributed by atoms with Crippen LogP contribution in [0.2, 0.25) is 0 Å². The highest BCUT2D eigenvalue weighted by Crippen LogP contribution is 2.09. The van der Waals surface area contributed by atoms with Gasteiger partial charge in [0, 0.05) is 18.5 Å². The predicted molar refractivity (Wildman–Crippen MR) is 62.9 cm³/mol. The van der Waals surface area contributed by atoms with Crippen molar-refractivity contribution >= 4 is 11.9 Å². The number of carbonyl (C=O) groups excluding carboxylic acids is 2. The van der Waals surface area contributed by atoms with Gasteiger partial charge in [-0.1, -0.05) is 6.58 Å². The van der Waals surface area contributed by atoms with Crippen LogP contribution in [0.5, 0.6) is 0 Å². The van der Waals surface area contributed by atoms with Crippen LogP contribution in [0.15, 0.2) is 12.2 Å². The van der Waals surface area contributed by atoms with E-state index in [1.807, 2.05) is 20.8 Å². The fraction of sp³-hybridized carbons (Fsp3) is 0.667. The van der Waals surface area contributed by atoms with Gasteiger partial charge in [0.15, 0.2) is 0 Å². The number of nitrogens with one attached hydrogen (secondary N) is 1. The molecule has 16 heavy (non-hydrogen) atoms. The number of hydrogen-bond donors (Lipinski definition) is 1. The zero-order valence-electron chi connectivity index (χ0n) is 10.6. The maximum Gasteiger partial charge on any atom is 0.333 e. The molecular formula is C12H21NO3. The van der Waals surface area contributed by atoms with Crippen LogP contribution in [0.3, 0.4) is 0 Å². The van der Waals surface area contributed by atoms with Crippen molar-refractivity contribution in [2.45, 2.75) is 46.1 Å². The van der Waals surface area contributed by atoms with Gasteiger partial charge < -0.3 is 10.1 Å². The van der Waals surface area contributed by atoms with Gasteiger partial charge in [0.25, 0.3) is 0 Å². The minimum atomic E-state index is -0.407. The second-order valence-electron chi connectivity index (χ2n) is 4.74. The molecule has 0 atom stereocenters. The predicted octanol–water partition coefficient (Wildman–Crippen LogP) is 1.80. The van der Waals surface area contributed by atoms with Crippen LogP contribution < -0.4 is 5.32 Å². The molecule has 1 aliphatic rings. The van der Waals surface area contributed by atoms with E-state index in [-0.39, 0.29) is 11.9 Å². The lowest BCUT2D eigenvalue weighted by atomic mass is 10.2. The van der Waals surface area contributed by atoms with Crippen molar-refractivity contribution in [2.75, 3.05) is 6.54 Å². The van der Waals surface area contributed by atoms with Crippen molar-refractivity contribution in [3.63, 3.8) is 0 Å². The number of esters is 1. The maximum absolute atomic E-state index is 10.8. The van der Waals surface area contributed by atoms with E-state index < -0.39 is 5.60 Å². The second-order valence-corrected chi connectivity index (χ2v) is 4.74. The van der Waals surface area contributed by atoms with E-state index >= 15 is 0 Å². The molecule has 1 saturated heterocycles. The summed E-state index contributed by atoms with van der Waals surface area (Å²) in [4.78, 5) is 21.0. The molecule has 1 aliphatic heterocycles. The summed E-state index contributed by atoms with van der Waals surface area (Å²) >= 11 is 0. The molecule has 92 valence electrons. The van der Waals surface area contributed by atoms with E-state index in [1.54, 1.807) is 6.92 Å². The number of carbonyl (C=O) groups is 2. The van der Waals surface area contributed by atoms with E-state index in [0.717, 1.165) is 19.4 Å². The van der Waals surface area contributed by atoms with Crippen LogP contribution >= 0.6 is 0 Å². The lowest BCUT2D eigenvalue weighted by Crippen LogP contribution is -2.23. The fourth-order valence-corrected chi connectivity index (χ4v) is 0.930. The Morgan fingerprint density at radius 3 is 2.12 bits per heavy atom. The van der Waals surface area contributed by atoms with Crippen molar-refractivity contribution < 1.29 is 14.3 Å². The van der Waals surface area contributed by atoms with Crippen molar-refractivity contribution in [1.29, 1.82) is 0 Å². The van der Waals surface area contributed by atoms with Crippen LogP contribution in [0.1, 0.15) is 40.5 Å². The zero-order chi connectivity index (χ0) is 12.8. The van der Waals surface area contributed by atoms with Gasteiger partial charge in [-0.15, -0.1) is 0 Å². The highest BCUT2D eigenvalue weighted by atomic mass is 16.6. The highest BCUT2D eigenvalue weighted by molar-refractivity contribution is 5.87. The van der Waals surface area contributed by atoms with E-state index in [4.69, 9.17) is 4.74 Å². The van der Waals surface area contributed by atoms with E-state index in [1.165, 1.54) is 0 Å². The third-order valence-corrected chi connectivity index (χ3v) is 1.65. The van der Waals surface area contributed by atoms with Gasteiger partial charge in [-0.2, -0.15) is 0 Å². The Bertz CT molecular complexity index is 268. The second kappa shape index (κ2) is 6.30. The molecule has 1 N–H and O–H groups in total. The van der Waals surface area contributed by atoms with E-state index in [0.29, 0.717) is 5.57 Å². The van der Waals surface area contributed by atoms with Gasteiger partial charge in [-0.05, 0) is 34.1 Å². The number of hydrogen-bond acceptors (Lipinski definition) is 3. The molecule has 1 fully saturated rings. The topological polar surface area (TPSA) is 55.4 Å². The Hall–Kier alpha value is -1.32. The van der Waals surface area contributed by atoms with Crippen LogP contribution in [-0.4, -0.2) is 24.0 Å². The molecule has 1 rings (SSSR count). The summed E-state index contributed by atoms with van der Waals surface area (Å²) in [6.45, 7) is 11.5. The van der Waals surface area contributed by atoms with Crippen LogP contribution in [0.4, 0.5) is 0 Å². The first kappa shape index (κ1) is 14.7. The third-order valence-electron chi connectivity index (χ3n) is 1.65. The first-order valence-corrected chi connectivity index (χ1v) is 5.38. The average Bonchev–Trinajstić information content (AvgIpc) is 2.53. The smallest absolute Gasteiger partial charge is 0.333 e. The van der Waals surface area contributed by atoms with Gasteiger partial charge in [-0.25, -0.2) is 4.79 Å². The van der Waals surface area contributed by atoms with Gasteiger partial charge in [-0.3, -0.25) is 4.79 Å². The number of ether oxygens (including phenoxy) is 1. The SMILES string of the molecule is C=C(C)C(=O)OC(C)(C)C.O=C1CCCN1. The lowest BCUT2D eigenvalue weighted by Gasteiger charge is -2.19. The van der Waals surface area contributed by atoms with Gasteiger partial charge in [0.2, 0.25) is 5.91 Å². The van der Waals surface area contributed by atoms with Crippen LogP contribution in [0.25, 0.3) is 0 Å². The van der Waals surface area contributed by atoms with Crippen molar-refractivity contribution in [3.05, 3.63) is 12.2 Å². The van der Waals surface area contributed by atoms with Crippen LogP contribution in [0, 0.1) is 0 Å². The molecule has 0 radical (unpaired) electrons. The highest BCUT2D eigenvalue weighted by Gasteiger charge is 2.15. The normalized spacial score (nSPS) is 14.6. The summed E-state index contributed by atoms with van der Waals surface area (Å²) in [5, 5.41) is 2.68. The Labute approximate surface area is 97.1 Å². The van der Waals surface area contributed by atoms with Gasteiger partial charge in [0.1, 0.15) is 5.60 Å². The molecule has 0 bridgehead atoms. The molecule has 0 spiro atoms. The number of amides is 1. The van der Waals surface area contributed by atoms with Gasteiger partial charge >= 0.3 is 5.97 Å². The van der Waals surface area contributed by atoms with E-state index in [9.17, 15) is 9.59 Å². The molecule has 1 amide bonds. The molecule has 1 heterocycles. The van der Waals surface area contributed by atoms with Crippen LogP contribution in [-0.2, 0) is 14.3 Å². The van der Waals surface area contributed by atoms with Crippen molar-refractivity contribution in [1.82, 2.24) is 5.32 Å². The first-order valence-electron chi connectivity index (χ1n) is 5.38. The van der Waals surface area contributed by atoms with Gasteiger partial charge in [0.05, 0.1) is 0 Å². The minimum absolute atomic E-state index is 0.204. The molecule has 0 aromatic heterocycles. The molecule has 0 aromatic carbocycles. The average molecular weight is 227 g/mol. The molecule has 0 saturated carbocycles. The fourth-order valence-electron chi connectivity index (χ4n) is 0.930. The molecule has 0 aliphatic carbocycles. The molecule has 4 heteroatoms. The molecule has 0 aromatic rings. The summed E-state index contributed by atoms with van der Waals surface area (Å²) in [6, 6.07) is 0. The third kappa shape index (κ3) is 8.03. The summed E-state index contributed by atoms with van der Waals surface area (Å²) in [5.74, 6) is -0.123. The Kier molecular flexibility index (Phi) is 5.78. The Balaban J connectivity index is 0.000000315. The quantitative estimate of drug-likeness (QED) is 0.549. The maximum atomic E-state index is 10.8. The monoisotopic (exact) mass is 227 g/mol. The molecule has 0 unspecified atom stereocenters. The van der Waals surface area contributed by atoms with Crippen molar-refractivity contribution in [2.24, 2.45) is 0 Å². The summed E-state index contributed by atoms with van der Waals surface area (Å²) < 4.78 is 4.96. The first-order chi connectivity index (χ1) is 7.22. The standard InChI is InChI=1S/C8H14O2.C4H7NO/c1-6(2)7(9)10-8(3,4)5;6-4-2-1-3-5-4/h1H2,2-5H3;1-3H2,(H,5,6). The summed E-state index contributed by atoms with van der Waals surface area (Å²) in [7, 11) is 0.